The summed E-state index contributed by atoms with van der Waals surface area (Å²) < 4.78 is 2.04. The van der Waals surface area contributed by atoms with E-state index in [1.54, 1.807) is 0 Å². The van der Waals surface area contributed by atoms with Gasteiger partial charge in [0, 0.05) is 4.88 Å². The molecular weight excluding hydrogens is 378 g/mol. The molecule has 0 saturated carbocycles. The monoisotopic (exact) mass is 397 g/mol. The number of rotatable bonds is 4. The van der Waals surface area contributed by atoms with Crippen molar-refractivity contribution < 1.29 is 4.79 Å². The summed E-state index contributed by atoms with van der Waals surface area (Å²) in [4.78, 5) is 17.8. The molecule has 0 fully saturated rings. The largest absolute Gasteiger partial charge is 0.301 e. The van der Waals surface area contributed by atoms with E-state index in [1.807, 2.05) is 25.2 Å². The Balaban J connectivity index is 1.61. The van der Waals surface area contributed by atoms with Gasteiger partial charge in [-0.1, -0.05) is 23.9 Å². The van der Waals surface area contributed by atoms with Gasteiger partial charge >= 0.3 is 0 Å². The van der Waals surface area contributed by atoms with Crippen LogP contribution in [0, 0.1) is 27.7 Å². The molecule has 1 N–H and O–H groups in total. The van der Waals surface area contributed by atoms with Gasteiger partial charge in [0.2, 0.25) is 5.91 Å². The smallest absolute Gasteiger partial charge is 0.236 e. The molecule has 0 aliphatic carbocycles. The molecular formula is C19H19N5OS2. The fourth-order valence-corrected chi connectivity index (χ4v) is 4.49. The first kappa shape index (κ1) is 17.9. The molecule has 0 bridgehead atoms. The molecule has 0 saturated heterocycles. The number of thioether (sulfide) groups is 1. The van der Waals surface area contributed by atoms with Gasteiger partial charge in [0.15, 0.2) is 15.9 Å². The van der Waals surface area contributed by atoms with Gasteiger partial charge in [0.1, 0.15) is 0 Å². The van der Waals surface area contributed by atoms with Gasteiger partial charge in [-0.3, -0.25) is 9.20 Å². The third-order valence-electron chi connectivity index (χ3n) is 4.39. The average molecular weight is 398 g/mol. The summed E-state index contributed by atoms with van der Waals surface area (Å²) in [6, 6.07) is 8.44. The summed E-state index contributed by atoms with van der Waals surface area (Å²) in [5.74, 6) is 0.151. The zero-order chi connectivity index (χ0) is 19.1. The molecule has 3 aromatic heterocycles. The van der Waals surface area contributed by atoms with Crippen LogP contribution in [-0.2, 0) is 4.79 Å². The average Bonchev–Trinajstić information content (AvgIpc) is 3.18. The normalized spacial score (nSPS) is 11.4. The number of amides is 1. The van der Waals surface area contributed by atoms with Crippen molar-refractivity contribution in [3.05, 3.63) is 46.0 Å². The van der Waals surface area contributed by atoms with Crippen LogP contribution in [0.2, 0.25) is 0 Å². The second kappa shape index (κ2) is 6.94. The zero-order valence-electron chi connectivity index (χ0n) is 15.5. The quantitative estimate of drug-likeness (QED) is 0.520. The summed E-state index contributed by atoms with van der Waals surface area (Å²) in [5, 5.41) is 14.0. The van der Waals surface area contributed by atoms with Crippen LogP contribution in [0.1, 0.15) is 21.7 Å². The zero-order valence-corrected chi connectivity index (χ0v) is 17.2. The maximum atomic E-state index is 12.3. The highest BCUT2D eigenvalue weighted by Gasteiger charge is 2.15. The van der Waals surface area contributed by atoms with Crippen LogP contribution >= 0.6 is 23.1 Å². The van der Waals surface area contributed by atoms with Gasteiger partial charge in [0.05, 0.1) is 17.0 Å². The van der Waals surface area contributed by atoms with E-state index in [2.05, 4.69) is 51.7 Å². The van der Waals surface area contributed by atoms with Crippen LogP contribution in [0.25, 0.3) is 16.6 Å². The maximum Gasteiger partial charge on any atom is 0.236 e. The van der Waals surface area contributed by atoms with Gasteiger partial charge in [-0.05, 0) is 56.3 Å². The van der Waals surface area contributed by atoms with E-state index in [0.29, 0.717) is 10.3 Å². The van der Waals surface area contributed by atoms with Crippen LogP contribution < -0.4 is 5.32 Å². The van der Waals surface area contributed by atoms with E-state index in [1.165, 1.54) is 28.7 Å². The van der Waals surface area contributed by atoms with Crippen molar-refractivity contribution >= 4 is 50.7 Å². The number of aromatic nitrogens is 4. The summed E-state index contributed by atoms with van der Waals surface area (Å²) >= 11 is 2.87. The van der Waals surface area contributed by atoms with E-state index in [9.17, 15) is 4.79 Å². The van der Waals surface area contributed by atoms with Gasteiger partial charge in [-0.2, -0.15) is 0 Å². The highest BCUT2D eigenvalue weighted by molar-refractivity contribution is 7.99. The molecule has 0 aliphatic heterocycles. The number of pyridine rings is 1. The first-order valence-electron chi connectivity index (χ1n) is 8.54. The molecule has 0 spiro atoms. The van der Waals surface area contributed by atoms with Crippen LogP contribution in [0.15, 0.2) is 29.4 Å². The molecule has 1 amide bonds. The van der Waals surface area contributed by atoms with Crippen molar-refractivity contribution in [1.82, 2.24) is 19.6 Å². The van der Waals surface area contributed by atoms with Crippen molar-refractivity contribution in [2.75, 3.05) is 11.1 Å². The highest BCUT2D eigenvalue weighted by Crippen LogP contribution is 2.27. The lowest BCUT2D eigenvalue weighted by Gasteiger charge is -2.08. The number of nitrogens with one attached hydrogen (secondary N) is 1. The van der Waals surface area contributed by atoms with E-state index in [0.717, 1.165) is 32.7 Å². The predicted octanol–water partition coefficient (Wildman–Crippen LogP) is 4.30. The number of hydrogen-bond acceptors (Lipinski definition) is 6. The Labute approximate surface area is 165 Å². The van der Waals surface area contributed by atoms with Gasteiger partial charge in [-0.25, -0.2) is 4.98 Å². The number of nitrogens with zero attached hydrogens (tertiary/aromatic N) is 4. The minimum absolute atomic E-state index is 0.0985. The lowest BCUT2D eigenvalue weighted by molar-refractivity contribution is -0.113. The predicted molar refractivity (Wildman–Crippen MR) is 111 cm³/mol. The molecule has 0 radical (unpaired) electrons. The van der Waals surface area contributed by atoms with E-state index in [4.69, 9.17) is 0 Å². The maximum absolute atomic E-state index is 12.3. The van der Waals surface area contributed by atoms with Crippen LogP contribution in [0.5, 0.6) is 0 Å². The number of fused-ring (bicyclic) bond motifs is 3. The van der Waals surface area contributed by atoms with Crippen molar-refractivity contribution in [2.24, 2.45) is 0 Å². The molecule has 8 heteroatoms. The number of carbonyl (C=O) groups excluding carboxylic acids is 1. The van der Waals surface area contributed by atoms with E-state index >= 15 is 0 Å². The molecule has 4 rings (SSSR count). The first-order valence-corrected chi connectivity index (χ1v) is 10.3. The Bertz CT molecular complexity index is 1160. The number of benzene rings is 1. The molecule has 0 aliphatic rings. The Hall–Kier alpha value is -2.45. The summed E-state index contributed by atoms with van der Waals surface area (Å²) in [7, 11) is 0. The molecule has 1 aromatic carbocycles. The first-order chi connectivity index (χ1) is 12.9. The Kier molecular flexibility index (Phi) is 4.61. The van der Waals surface area contributed by atoms with Crippen molar-refractivity contribution in [3.8, 4) is 0 Å². The molecule has 138 valence electrons. The van der Waals surface area contributed by atoms with Crippen molar-refractivity contribution in [2.45, 2.75) is 32.9 Å². The lowest BCUT2D eigenvalue weighted by atomic mass is 10.1. The molecule has 0 unspecified atom stereocenters. The Morgan fingerprint density at radius 2 is 2.00 bits per heavy atom. The van der Waals surface area contributed by atoms with Gasteiger partial charge < -0.3 is 5.32 Å². The van der Waals surface area contributed by atoms with Gasteiger partial charge in [-0.15, -0.1) is 21.5 Å². The Morgan fingerprint density at radius 3 is 2.74 bits per heavy atom. The summed E-state index contributed by atoms with van der Waals surface area (Å²) in [6.07, 6.45) is 0. The number of carbonyl (C=O) groups is 1. The third-order valence-corrected chi connectivity index (χ3v) is 6.31. The van der Waals surface area contributed by atoms with Crippen LogP contribution in [0.3, 0.4) is 0 Å². The molecule has 4 aromatic rings. The van der Waals surface area contributed by atoms with Gasteiger partial charge in [0.25, 0.3) is 0 Å². The minimum Gasteiger partial charge on any atom is -0.301 e. The van der Waals surface area contributed by atoms with E-state index in [-0.39, 0.29) is 11.7 Å². The Morgan fingerprint density at radius 1 is 1.19 bits per heavy atom. The standard InChI is InChI=1S/C19H19N5OS2/c1-10-5-6-14-8-11(2)17-22-23-19(24(17)15(14)7-10)26-9-16(25)21-18-20-12(3)13(4)27-18/h5-8H,9H2,1-4H3,(H,20,21,25). The second-order valence-electron chi connectivity index (χ2n) is 6.53. The number of hydrogen-bond donors (Lipinski definition) is 1. The highest BCUT2D eigenvalue weighted by atomic mass is 32.2. The van der Waals surface area contributed by atoms with Crippen LogP contribution in [0.4, 0.5) is 5.13 Å². The van der Waals surface area contributed by atoms with Crippen molar-refractivity contribution in [3.63, 3.8) is 0 Å². The van der Waals surface area contributed by atoms with Crippen molar-refractivity contribution in [1.29, 1.82) is 0 Å². The third kappa shape index (κ3) is 3.42. The molecule has 27 heavy (non-hydrogen) atoms. The molecule has 0 atom stereocenters. The number of anilines is 1. The molecule has 3 heterocycles. The fourth-order valence-electron chi connectivity index (χ4n) is 2.91. The minimum atomic E-state index is -0.0985. The summed E-state index contributed by atoms with van der Waals surface area (Å²) in [6.45, 7) is 8.02. The number of thiazole rings is 1. The summed E-state index contributed by atoms with van der Waals surface area (Å²) in [5.41, 5.74) is 5.05. The second-order valence-corrected chi connectivity index (χ2v) is 8.67. The van der Waals surface area contributed by atoms with E-state index < -0.39 is 0 Å². The van der Waals surface area contributed by atoms with Crippen LogP contribution in [-0.4, -0.2) is 31.2 Å². The fraction of sp³-hybridized carbons (Fsp3) is 0.263. The number of aryl methyl sites for hydroxylation is 4. The topological polar surface area (TPSA) is 72.2 Å². The molecule has 6 nitrogen and oxygen atoms in total. The lowest BCUT2D eigenvalue weighted by Crippen LogP contribution is -2.14. The SMILES string of the molecule is Cc1ccc2cc(C)c3nnc(SCC(=O)Nc4nc(C)c(C)s4)n3c2c1.